The number of hydrogen-bond acceptors (Lipinski definition) is 1. The van der Waals surface area contributed by atoms with Crippen LogP contribution in [0.4, 0.5) is 4.39 Å². The van der Waals surface area contributed by atoms with Gasteiger partial charge < -0.3 is 0 Å². The predicted octanol–water partition coefficient (Wildman–Crippen LogP) is 3.66. The zero-order valence-corrected chi connectivity index (χ0v) is 7.83. The van der Waals surface area contributed by atoms with E-state index in [1.807, 2.05) is 13.0 Å². The van der Waals surface area contributed by atoms with Crippen LogP contribution in [-0.4, -0.2) is 0 Å². The highest BCUT2D eigenvalue weighted by molar-refractivity contribution is 7.19. The van der Waals surface area contributed by atoms with Crippen LogP contribution in [0.3, 0.4) is 0 Å². The van der Waals surface area contributed by atoms with Crippen molar-refractivity contribution in [1.29, 1.82) is 0 Å². The van der Waals surface area contributed by atoms with E-state index in [-0.39, 0.29) is 5.82 Å². The van der Waals surface area contributed by atoms with E-state index in [4.69, 9.17) is 0 Å². The van der Waals surface area contributed by atoms with Crippen molar-refractivity contribution in [2.24, 2.45) is 0 Å². The molecule has 2 aromatic rings. The Balaban J connectivity index is 2.88. The second-order valence-electron chi connectivity index (χ2n) is 2.92. The summed E-state index contributed by atoms with van der Waals surface area (Å²) in [5.41, 5.74) is 1.20. The average Bonchev–Trinajstić information content (AvgIpc) is 2.31. The quantitative estimate of drug-likeness (QED) is 0.580. The molecule has 0 nitrogen and oxygen atoms in total. The summed E-state index contributed by atoms with van der Waals surface area (Å²) >= 11 is 1.72. The molecule has 0 aliphatic rings. The van der Waals surface area contributed by atoms with Gasteiger partial charge in [-0.15, -0.1) is 11.3 Å². The minimum Gasteiger partial charge on any atom is -0.207 e. The molecule has 1 heterocycles. The summed E-state index contributed by atoms with van der Waals surface area (Å²) < 4.78 is 14.0. The van der Waals surface area contributed by atoms with Gasteiger partial charge in [0.05, 0.1) is 0 Å². The largest absolute Gasteiger partial charge is 0.207 e. The van der Waals surface area contributed by atoms with E-state index in [0.29, 0.717) is 0 Å². The molecule has 0 fully saturated rings. The van der Waals surface area contributed by atoms with Gasteiger partial charge in [-0.1, -0.05) is 0 Å². The zero-order valence-electron chi connectivity index (χ0n) is 7.02. The van der Waals surface area contributed by atoms with E-state index < -0.39 is 0 Å². The molecule has 62 valence electrons. The van der Waals surface area contributed by atoms with Crippen LogP contribution in [-0.2, 0) is 0 Å². The molecule has 1 aromatic carbocycles. The van der Waals surface area contributed by atoms with Gasteiger partial charge in [0, 0.05) is 9.58 Å². The summed E-state index contributed by atoms with van der Waals surface area (Å²) in [4.78, 5) is 1.27. The predicted molar refractivity (Wildman–Crippen MR) is 51.3 cm³/mol. The van der Waals surface area contributed by atoms with Crippen LogP contribution >= 0.6 is 11.3 Å². The van der Waals surface area contributed by atoms with Crippen molar-refractivity contribution in [3.8, 4) is 0 Å². The molecule has 0 atom stereocenters. The second-order valence-corrected chi connectivity index (χ2v) is 4.18. The molecule has 0 aliphatic heterocycles. The van der Waals surface area contributed by atoms with Gasteiger partial charge in [-0.2, -0.15) is 0 Å². The van der Waals surface area contributed by atoms with E-state index >= 15 is 0 Å². The van der Waals surface area contributed by atoms with E-state index in [1.165, 1.54) is 21.2 Å². The van der Waals surface area contributed by atoms with Gasteiger partial charge in [0.25, 0.3) is 0 Å². The molecule has 12 heavy (non-hydrogen) atoms. The van der Waals surface area contributed by atoms with Crippen molar-refractivity contribution in [1.82, 2.24) is 0 Å². The van der Waals surface area contributed by atoms with Crippen molar-refractivity contribution >= 4 is 21.4 Å². The third kappa shape index (κ3) is 1.03. The van der Waals surface area contributed by atoms with Gasteiger partial charge >= 0.3 is 0 Å². The molecule has 0 bridgehead atoms. The minimum absolute atomic E-state index is 0.150. The molecule has 0 radical (unpaired) electrons. The fourth-order valence-corrected chi connectivity index (χ4v) is 2.37. The summed E-state index contributed by atoms with van der Waals surface area (Å²) in [6.45, 7) is 4.10. The Bertz CT molecular complexity index is 429. The fraction of sp³-hybridized carbons (Fsp3) is 0.200. The van der Waals surface area contributed by atoms with Crippen LogP contribution in [0, 0.1) is 19.7 Å². The van der Waals surface area contributed by atoms with E-state index in [1.54, 1.807) is 17.4 Å². The zero-order chi connectivity index (χ0) is 8.72. The highest BCUT2D eigenvalue weighted by Crippen LogP contribution is 2.30. The lowest BCUT2D eigenvalue weighted by Gasteiger charge is -1.91. The van der Waals surface area contributed by atoms with Crippen molar-refractivity contribution in [2.75, 3.05) is 0 Å². The van der Waals surface area contributed by atoms with Gasteiger partial charge in [0.2, 0.25) is 0 Å². The molecule has 2 heteroatoms. The van der Waals surface area contributed by atoms with Crippen molar-refractivity contribution in [2.45, 2.75) is 13.8 Å². The van der Waals surface area contributed by atoms with Crippen molar-refractivity contribution in [3.05, 3.63) is 34.5 Å². The molecule has 0 saturated carbocycles. The molecule has 0 aliphatic carbocycles. The Morgan fingerprint density at radius 1 is 1.25 bits per heavy atom. The van der Waals surface area contributed by atoms with Crippen molar-refractivity contribution in [3.63, 3.8) is 0 Å². The second kappa shape index (κ2) is 2.56. The van der Waals surface area contributed by atoms with Crippen LogP contribution in [0.1, 0.15) is 10.4 Å². The van der Waals surface area contributed by atoms with E-state index in [0.717, 1.165) is 5.39 Å². The number of fused-ring (bicyclic) bond motifs is 1. The third-order valence-corrected chi connectivity index (χ3v) is 3.33. The number of rotatable bonds is 0. The summed E-state index contributed by atoms with van der Waals surface area (Å²) in [5.74, 6) is -0.150. The first-order chi connectivity index (χ1) is 5.68. The lowest BCUT2D eigenvalue weighted by Crippen LogP contribution is -1.73. The Morgan fingerprint density at radius 3 is 2.75 bits per heavy atom. The summed E-state index contributed by atoms with van der Waals surface area (Å²) in [5, 5.41) is 1.05. The lowest BCUT2D eigenvalue weighted by atomic mass is 10.1. The number of benzene rings is 1. The van der Waals surface area contributed by atoms with Gasteiger partial charge in [0.1, 0.15) is 5.82 Å². The fourth-order valence-electron chi connectivity index (χ4n) is 1.32. The topological polar surface area (TPSA) is 0 Å². The first-order valence-corrected chi connectivity index (χ1v) is 4.65. The van der Waals surface area contributed by atoms with Gasteiger partial charge in [0.15, 0.2) is 0 Å². The molecule has 0 unspecified atom stereocenters. The molecular weight excluding hydrogens is 171 g/mol. The number of thiophene rings is 1. The standard InChI is InChI=1S/C10H9FS/c1-6-7(2)12-10-4-3-8(11)5-9(6)10/h3-5H,1-2H3. The van der Waals surface area contributed by atoms with Crippen LogP contribution in [0.2, 0.25) is 0 Å². The smallest absolute Gasteiger partial charge is 0.123 e. The molecule has 1 aromatic heterocycles. The Labute approximate surface area is 74.6 Å². The molecule has 0 spiro atoms. The van der Waals surface area contributed by atoms with Gasteiger partial charge in [-0.05, 0) is 43.0 Å². The average molecular weight is 180 g/mol. The van der Waals surface area contributed by atoms with Gasteiger partial charge in [-0.25, -0.2) is 4.39 Å². The monoisotopic (exact) mass is 180 g/mol. The minimum atomic E-state index is -0.150. The summed E-state index contributed by atoms with van der Waals surface area (Å²) in [6.07, 6.45) is 0. The van der Waals surface area contributed by atoms with Gasteiger partial charge in [-0.3, -0.25) is 0 Å². The molecular formula is C10H9FS. The first-order valence-electron chi connectivity index (χ1n) is 3.84. The lowest BCUT2D eigenvalue weighted by molar-refractivity contribution is 0.630. The maximum Gasteiger partial charge on any atom is 0.123 e. The van der Waals surface area contributed by atoms with Crippen molar-refractivity contribution < 1.29 is 4.39 Å². The normalized spacial score (nSPS) is 10.9. The highest BCUT2D eigenvalue weighted by atomic mass is 32.1. The van der Waals surface area contributed by atoms with Crippen LogP contribution in [0.5, 0.6) is 0 Å². The molecule has 2 rings (SSSR count). The first kappa shape index (κ1) is 7.74. The maximum absolute atomic E-state index is 12.8. The molecule has 0 amide bonds. The van der Waals surface area contributed by atoms with Crippen LogP contribution in [0.15, 0.2) is 18.2 Å². The SMILES string of the molecule is Cc1sc2ccc(F)cc2c1C. The maximum atomic E-state index is 12.8. The molecule has 0 N–H and O–H groups in total. The summed E-state index contributed by atoms with van der Waals surface area (Å²) in [7, 11) is 0. The Kier molecular flexibility index (Phi) is 1.65. The Morgan fingerprint density at radius 2 is 2.00 bits per heavy atom. The summed E-state index contributed by atoms with van der Waals surface area (Å²) in [6, 6.07) is 4.96. The Hall–Kier alpha value is -0.890. The van der Waals surface area contributed by atoms with E-state index in [2.05, 4.69) is 6.92 Å². The third-order valence-electron chi connectivity index (χ3n) is 2.14. The van der Waals surface area contributed by atoms with E-state index in [9.17, 15) is 4.39 Å². The molecule has 0 saturated heterocycles. The number of halogens is 1. The van der Waals surface area contributed by atoms with Crippen LogP contribution < -0.4 is 0 Å². The number of aryl methyl sites for hydroxylation is 2. The highest BCUT2D eigenvalue weighted by Gasteiger charge is 2.04. The van der Waals surface area contributed by atoms with Crippen LogP contribution in [0.25, 0.3) is 10.1 Å². The number of hydrogen-bond donors (Lipinski definition) is 0.